The number of rotatable bonds is 4. The van der Waals surface area contributed by atoms with Gasteiger partial charge in [0.25, 0.3) is 0 Å². The number of nitrogens with one attached hydrogen (secondary N) is 1. The molecule has 3 nitrogen and oxygen atoms in total. The summed E-state index contributed by atoms with van der Waals surface area (Å²) < 4.78 is 13.2. The zero-order valence-electron chi connectivity index (χ0n) is 9.67. The number of anilines is 1. The lowest BCUT2D eigenvalue weighted by Gasteiger charge is -2.21. The first-order valence-electron chi connectivity index (χ1n) is 5.07. The predicted molar refractivity (Wildman–Crippen MR) is 61.0 cm³/mol. The zero-order valence-corrected chi connectivity index (χ0v) is 9.67. The topological polar surface area (TPSA) is 49.3 Å². The summed E-state index contributed by atoms with van der Waals surface area (Å²) in [4.78, 5) is 10.9. The smallest absolute Gasteiger partial charge is 0.310 e. The highest BCUT2D eigenvalue weighted by Crippen LogP contribution is 2.21. The van der Waals surface area contributed by atoms with Crippen LogP contribution in [0.25, 0.3) is 0 Å². The average molecular weight is 225 g/mol. The highest BCUT2D eigenvalue weighted by Gasteiger charge is 2.26. The minimum Gasteiger partial charge on any atom is -0.481 e. The molecule has 88 valence electrons. The van der Waals surface area contributed by atoms with Crippen molar-refractivity contribution in [2.75, 3.05) is 11.9 Å². The first-order valence-corrected chi connectivity index (χ1v) is 5.07. The van der Waals surface area contributed by atoms with Crippen molar-refractivity contribution in [1.29, 1.82) is 0 Å². The van der Waals surface area contributed by atoms with Crippen LogP contribution in [0.5, 0.6) is 0 Å². The molecule has 0 unspecified atom stereocenters. The van der Waals surface area contributed by atoms with Gasteiger partial charge in [-0.2, -0.15) is 0 Å². The van der Waals surface area contributed by atoms with Gasteiger partial charge in [-0.3, -0.25) is 4.79 Å². The summed E-state index contributed by atoms with van der Waals surface area (Å²) in [5, 5.41) is 11.9. The van der Waals surface area contributed by atoms with Gasteiger partial charge in [-0.25, -0.2) is 4.39 Å². The van der Waals surface area contributed by atoms with Gasteiger partial charge in [0.15, 0.2) is 0 Å². The molecule has 0 saturated carbocycles. The highest BCUT2D eigenvalue weighted by molar-refractivity contribution is 5.74. The van der Waals surface area contributed by atoms with Crippen molar-refractivity contribution >= 4 is 11.7 Å². The molecule has 2 N–H and O–H groups in total. The van der Waals surface area contributed by atoms with Crippen LogP contribution in [0, 0.1) is 18.2 Å². The summed E-state index contributed by atoms with van der Waals surface area (Å²) in [5.41, 5.74) is 0.261. The Morgan fingerprint density at radius 1 is 1.50 bits per heavy atom. The van der Waals surface area contributed by atoms with Gasteiger partial charge in [-0.1, -0.05) is 6.07 Å². The van der Waals surface area contributed by atoms with E-state index in [1.54, 1.807) is 32.9 Å². The maximum atomic E-state index is 13.2. The van der Waals surface area contributed by atoms with Crippen molar-refractivity contribution < 1.29 is 14.3 Å². The standard InChI is InChI=1S/C12H16FNO2/c1-8-9(13)5-4-6-10(8)14-7-12(2,3)11(15)16/h4-6,14H,7H2,1-3H3,(H,15,16). The Bertz CT molecular complexity index is 402. The van der Waals surface area contributed by atoms with Crippen LogP contribution in [-0.2, 0) is 4.79 Å². The number of carbonyl (C=O) groups is 1. The van der Waals surface area contributed by atoms with E-state index in [0.29, 0.717) is 11.3 Å². The number of halogens is 1. The number of hydrogen-bond acceptors (Lipinski definition) is 2. The summed E-state index contributed by atoms with van der Waals surface area (Å²) in [5.74, 6) is -1.17. The van der Waals surface area contributed by atoms with Crippen molar-refractivity contribution in [2.45, 2.75) is 20.8 Å². The molecule has 0 saturated heterocycles. The Hall–Kier alpha value is -1.58. The zero-order chi connectivity index (χ0) is 12.3. The Labute approximate surface area is 94.3 Å². The van der Waals surface area contributed by atoms with E-state index in [-0.39, 0.29) is 12.4 Å². The van der Waals surface area contributed by atoms with Crippen LogP contribution in [-0.4, -0.2) is 17.6 Å². The van der Waals surface area contributed by atoms with Gasteiger partial charge in [0.05, 0.1) is 5.41 Å². The summed E-state index contributed by atoms with van der Waals surface area (Å²) in [6, 6.07) is 4.71. The summed E-state index contributed by atoms with van der Waals surface area (Å²) in [7, 11) is 0. The Morgan fingerprint density at radius 2 is 2.12 bits per heavy atom. The number of carboxylic acids is 1. The van der Waals surface area contributed by atoms with Crippen LogP contribution in [0.2, 0.25) is 0 Å². The van der Waals surface area contributed by atoms with Crippen LogP contribution in [0.15, 0.2) is 18.2 Å². The molecule has 0 aromatic heterocycles. The van der Waals surface area contributed by atoms with E-state index < -0.39 is 11.4 Å². The van der Waals surface area contributed by atoms with Gasteiger partial charge in [0.2, 0.25) is 0 Å². The molecule has 1 aromatic carbocycles. The molecule has 1 rings (SSSR count). The molecule has 0 aliphatic carbocycles. The van der Waals surface area contributed by atoms with Crippen LogP contribution >= 0.6 is 0 Å². The van der Waals surface area contributed by atoms with Crippen LogP contribution in [0.1, 0.15) is 19.4 Å². The molecule has 0 amide bonds. The molecule has 0 atom stereocenters. The van der Waals surface area contributed by atoms with Crippen LogP contribution in [0.4, 0.5) is 10.1 Å². The summed E-state index contributed by atoms with van der Waals surface area (Å²) >= 11 is 0. The van der Waals surface area contributed by atoms with Crippen molar-refractivity contribution in [1.82, 2.24) is 0 Å². The second-order valence-electron chi connectivity index (χ2n) is 4.45. The molecule has 0 spiro atoms. The third kappa shape index (κ3) is 2.72. The van der Waals surface area contributed by atoms with E-state index in [1.807, 2.05) is 0 Å². The van der Waals surface area contributed by atoms with Crippen LogP contribution in [0.3, 0.4) is 0 Å². The fourth-order valence-corrected chi connectivity index (χ4v) is 1.19. The van der Waals surface area contributed by atoms with E-state index in [9.17, 15) is 9.18 Å². The van der Waals surface area contributed by atoms with Crippen molar-refractivity contribution in [3.63, 3.8) is 0 Å². The maximum Gasteiger partial charge on any atom is 0.310 e. The SMILES string of the molecule is Cc1c(F)cccc1NCC(C)(C)C(=O)O. The molecule has 1 aromatic rings. The van der Waals surface area contributed by atoms with Gasteiger partial charge >= 0.3 is 5.97 Å². The molecule has 0 fully saturated rings. The lowest BCUT2D eigenvalue weighted by molar-refractivity contribution is -0.146. The molecule has 0 aliphatic rings. The molecule has 0 heterocycles. The van der Waals surface area contributed by atoms with Gasteiger partial charge in [0.1, 0.15) is 5.82 Å². The first kappa shape index (κ1) is 12.5. The van der Waals surface area contributed by atoms with E-state index in [2.05, 4.69) is 5.32 Å². The van der Waals surface area contributed by atoms with Crippen LogP contribution < -0.4 is 5.32 Å². The van der Waals surface area contributed by atoms with Gasteiger partial charge in [0, 0.05) is 17.8 Å². The normalized spacial score (nSPS) is 11.2. The lowest BCUT2D eigenvalue weighted by atomic mass is 9.93. The van der Waals surface area contributed by atoms with Crippen molar-refractivity contribution in [2.24, 2.45) is 5.41 Å². The largest absolute Gasteiger partial charge is 0.481 e. The molecular formula is C12H16FNO2. The molecular weight excluding hydrogens is 209 g/mol. The molecule has 0 bridgehead atoms. The molecule has 16 heavy (non-hydrogen) atoms. The van der Waals surface area contributed by atoms with Gasteiger partial charge in [-0.15, -0.1) is 0 Å². The van der Waals surface area contributed by atoms with E-state index >= 15 is 0 Å². The number of hydrogen-bond donors (Lipinski definition) is 2. The Morgan fingerprint density at radius 3 is 2.69 bits per heavy atom. The predicted octanol–water partition coefficient (Wildman–Crippen LogP) is 2.66. The van der Waals surface area contributed by atoms with Crippen molar-refractivity contribution in [3.8, 4) is 0 Å². The highest BCUT2D eigenvalue weighted by atomic mass is 19.1. The van der Waals surface area contributed by atoms with E-state index in [4.69, 9.17) is 5.11 Å². The third-order valence-corrected chi connectivity index (χ3v) is 2.57. The summed E-state index contributed by atoms with van der Waals surface area (Å²) in [6.45, 7) is 5.16. The number of aliphatic carboxylic acids is 1. The molecule has 0 radical (unpaired) electrons. The van der Waals surface area contributed by atoms with Crippen molar-refractivity contribution in [3.05, 3.63) is 29.6 Å². The monoisotopic (exact) mass is 225 g/mol. The maximum absolute atomic E-state index is 13.2. The second-order valence-corrected chi connectivity index (χ2v) is 4.45. The third-order valence-electron chi connectivity index (χ3n) is 2.57. The Balaban J connectivity index is 2.76. The quantitative estimate of drug-likeness (QED) is 0.828. The summed E-state index contributed by atoms with van der Waals surface area (Å²) in [6.07, 6.45) is 0. The molecule has 4 heteroatoms. The number of carboxylic acid groups (broad SMARTS) is 1. The second kappa shape index (κ2) is 4.51. The van der Waals surface area contributed by atoms with Gasteiger partial charge in [-0.05, 0) is 32.9 Å². The fraction of sp³-hybridized carbons (Fsp3) is 0.417. The first-order chi connectivity index (χ1) is 7.34. The van der Waals surface area contributed by atoms with E-state index in [1.165, 1.54) is 6.07 Å². The minimum atomic E-state index is -0.881. The fourth-order valence-electron chi connectivity index (χ4n) is 1.19. The van der Waals surface area contributed by atoms with E-state index in [0.717, 1.165) is 0 Å². The lowest BCUT2D eigenvalue weighted by Crippen LogP contribution is -2.31. The molecule has 0 aliphatic heterocycles. The minimum absolute atomic E-state index is 0.257. The average Bonchev–Trinajstić information content (AvgIpc) is 2.20. The number of benzene rings is 1. The van der Waals surface area contributed by atoms with Gasteiger partial charge < -0.3 is 10.4 Å². The Kier molecular flexibility index (Phi) is 3.52.